The maximum Gasteiger partial charge on any atom is 0.408 e. The predicted molar refractivity (Wildman–Crippen MR) is 129 cm³/mol. The van der Waals surface area contributed by atoms with Crippen LogP contribution in [0.5, 0.6) is 0 Å². The number of carbonyl (C=O) groups excluding carboxylic acids is 3. The Morgan fingerprint density at radius 2 is 1.61 bits per heavy atom. The molecule has 0 spiro atoms. The van der Waals surface area contributed by atoms with Gasteiger partial charge in [-0.15, -0.1) is 0 Å². The van der Waals surface area contributed by atoms with Crippen LogP contribution in [-0.4, -0.2) is 57.7 Å². The predicted octanol–water partition coefficient (Wildman–Crippen LogP) is 3.38. The summed E-state index contributed by atoms with van der Waals surface area (Å²) in [7, 11) is 0. The molecule has 33 heavy (non-hydrogen) atoms. The molecular formula is C25H41N3O5. The van der Waals surface area contributed by atoms with E-state index < -0.39 is 41.8 Å². The number of carbonyl (C=O) groups is 3. The third-order valence-electron chi connectivity index (χ3n) is 4.79. The lowest BCUT2D eigenvalue weighted by molar-refractivity contribution is -0.149. The van der Waals surface area contributed by atoms with Gasteiger partial charge in [0.25, 0.3) is 0 Å². The molecule has 0 bridgehead atoms. The van der Waals surface area contributed by atoms with Crippen molar-refractivity contribution in [3.05, 3.63) is 34.9 Å². The second-order valence-electron chi connectivity index (χ2n) is 10.7. The monoisotopic (exact) mass is 463 g/mol. The van der Waals surface area contributed by atoms with Crippen LogP contribution in [0.25, 0.3) is 0 Å². The molecule has 186 valence electrons. The molecule has 0 radical (unpaired) electrons. The zero-order valence-corrected chi connectivity index (χ0v) is 21.7. The summed E-state index contributed by atoms with van der Waals surface area (Å²) in [6.07, 6.45) is -0.821. The minimum Gasteiger partial charge on any atom is -0.444 e. The fourth-order valence-corrected chi connectivity index (χ4v) is 3.54. The largest absolute Gasteiger partial charge is 0.444 e. The van der Waals surface area contributed by atoms with Gasteiger partial charge in [0.1, 0.15) is 17.7 Å². The number of nitrogens with one attached hydrogen (secondary N) is 2. The molecule has 0 aromatic heterocycles. The number of ether oxygens (including phenoxy) is 1. The summed E-state index contributed by atoms with van der Waals surface area (Å²) in [6.45, 7) is 17.5. The van der Waals surface area contributed by atoms with E-state index >= 15 is 0 Å². The van der Waals surface area contributed by atoms with Gasteiger partial charge in [-0.25, -0.2) is 4.79 Å². The van der Waals surface area contributed by atoms with Gasteiger partial charge < -0.3 is 25.4 Å². The summed E-state index contributed by atoms with van der Waals surface area (Å²) in [5.74, 6) is -0.922. The maximum atomic E-state index is 13.7. The van der Waals surface area contributed by atoms with Gasteiger partial charge in [-0.3, -0.25) is 9.59 Å². The van der Waals surface area contributed by atoms with Gasteiger partial charge in [0, 0.05) is 11.6 Å². The molecule has 1 aromatic rings. The van der Waals surface area contributed by atoms with E-state index in [1.165, 1.54) is 4.90 Å². The topological polar surface area (TPSA) is 108 Å². The van der Waals surface area contributed by atoms with Gasteiger partial charge in [0.05, 0.1) is 6.61 Å². The molecular weight excluding hydrogens is 422 g/mol. The van der Waals surface area contributed by atoms with Crippen LogP contribution in [0.1, 0.15) is 78.1 Å². The average Bonchev–Trinajstić information content (AvgIpc) is 2.61. The number of amides is 3. The van der Waals surface area contributed by atoms with Gasteiger partial charge >= 0.3 is 6.09 Å². The molecule has 0 aliphatic carbocycles. The average molecular weight is 464 g/mol. The van der Waals surface area contributed by atoms with E-state index in [1.54, 1.807) is 20.8 Å². The normalized spacial score (nSPS) is 13.8. The Labute approximate surface area is 198 Å². The number of aliphatic hydroxyl groups is 1. The van der Waals surface area contributed by atoms with Crippen molar-refractivity contribution in [1.82, 2.24) is 15.5 Å². The minimum atomic E-state index is -1.28. The minimum absolute atomic E-state index is 0.142. The number of hydrogen-bond acceptors (Lipinski definition) is 5. The Morgan fingerprint density at radius 3 is 2.03 bits per heavy atom. The number of hydrogen-bond donors (Lipinski definition) is 3. The summed E-state index contributed by atoms with van der Waals surface area (Å²) in [5.41, 5.74) is 0.997. The smallest absolute Gasteiger partial charge is 0.408 e. The maximum absolute atomic E-state index is 13.7. The van der Waals surface area contributed by atoms with E-state index in [2.05, 4.69) is 10.6 Å². The molecule has 3 N–H and O–H groups in total. The molecule has 3 amide bonds. The highest BCUT2D eigenvalue weighted by molar-refractivity contribution is 5.93. The zero-order chi connectivity index (χ0) is 25.7. The summed E-state index contributed by atoms with van der Waals surface area (Å²) in [5, 5.41) is 15.3. The first-order valence-electron chi connectivity index (χ1n) is 11.3. The van der Waals surface area contributed by atoms with Gasteiger partial charge in [0.15, 0.2) is 0 Å². The van der Waals surface area contributed by atoms with Crippen LogP contribution in [-0.2, 0) is 14.3 Å². The SMILES string of the molecule is Cc1ccc(C(C(=O)NC(C)C)N(C(=O)C(CO)NC(=O)OC(C)(C)C)C(C)(C)C)c(C)c1. The number of nitrogens with zero attached hydrogens (tertiary/aromatic N) is 1. The van der Waals surface area contributed by atoms with Crippen molar-refractivity contribution in [2.75, 3.05) is 6.61 Å². The van der Waals surface area contributed by atoms with E-state index in [1.807, 2.05) is 66.7 Å². The van der Waals surface area contributed by atoms with Crippen molar-refractivity contribution in [1.29, 1.82) is 0 Å². The van der Waals surface area contributed by atoms with Crippen molar-refractivity contribution >= 4 is 17.9 Å². The molecule has 0 aliphatic rings. The molecule has 0 aliphatic heterocycles. The molecule has 0 fully saturated rings. The quantitative estimate of drug-likeness (QED) is 0.575. The van der Waals surface area contributed by atoms with Crippen LogP contribution in [0, 0.1) is 13.8 Å². The van der Waals surface area contributed by atoms with Gasteiger partial charge in [-0.2, -0.15) is 0 Å². The molecule has 0 saturated heterocycles. The lowest BCUT2D eigenvalue weighted by Crippen LogP contribution is -2.59. The highest BCUT2D eigenvalue weighted by Gasteiger charge is 2.42. The van der Waals surface area contributed by atoms with Crippen molar-refractivity contribution in [3.8, 4) is 0 Å². The van der Waals surface area contributed by atoms with E-state index in [-0.39, 0.29) is 11.9 Å². The Bertz CT molecular complexity index is 853. The van der Waals surface area contributed by atoms with Gasteiger partial charge in [-0.1, -0.05) is 23.8 Å². The number of alkyl carbamates (subject to hydrolysis) is 1. The Kier molecular flexibility index (Phi) is 9.48. The molecule has 8 heteroatoms. The fraction of sp³-hybridized carbons (Fsp3) is 0.640. The number of benzene rings is 1. The van der Waals surface area contributed by atoms with Crippen molar-refractivity contribution in [3.63, 3.8) is 0 Å². The second-order valence-corrected chi connectivity index (χ2v) is 10.7. The van der Waals surface area contributed by atoms with Crippen molar-refractivity contribution in [2.24, 2.45) is 0 Å². The highest BCUT2D eigenvalue weighted by atomic mass is 16.6. The van der Waals surface area contributed by atoms with Crippen LogP contribution >= 0.6 is 0 Å². The van der Waals surface area contributed by atoms with Crippen LogP contribution in [0.2, 0.25) is 0 Å². The number of aliphatic hydroxyl groups excluding tert-OH is 1. The molecule has 0 saturated carbocycles. The summed E-state index contributed by atoms with van der Waals surface area (Å²) in [4.78, 5) is 40.9. The first-order chi connectivity index (χ1) is 15.0. The molecule has 1 aromatic carbocycles. The van der Waals surface area contributed by atoms with Crippen LogP contribution in [0.15, 0.2) is 18.2 Å². The standard InChI is InChI=1S/C25H41N3O5/c1-15(2)26-21(30)20(18-12-11-16(3)13-17(18)4)28(24(5,6)7)22(31)19(14-29)27-23(32)33-25(8,9)10/h11-13,15,19-20,29H,14H2,1-10H3,(H,26,30)(H,27,32). The third-order valence-corrected chi connectivity index (χ3v) is 4.79. The van der Waals surface area contributed by atoms with Gasteiger partial charge in [0.2, 0.25) is 11.8 Å². The Morgan fingerprint density at radius 1 is 1.03 bits per heavy atom. The molecule has 8 nitrogen and oxygen atoms in total. The van der Waals surface area contributed by atoms with Crippen LogP contribution in [0.3, 0.4) is 0 Å². The Hall–Kier alpha value is -2.61. The number of aryl methyl sites for hydroxylation is 2. The summed E-state index contributed by atoms with van der Waals surface area (Å²) < 4.78 is 5.25. The van der Waals surface area contributed by atoms with E-state index in [4.69, 9.17) is 4.74 Å². The van der Waals surface area contributed by atoms with Crippen molar-refractivity contribution in [2.45, 2.75) is 98.5 Å². The first-order valence-corrected chi connectivity index (χ1v) is 11.3. The Balaban J connectivity index is 3.53. The zero-order valence-electron chi connectivity index (χ0n) is 21.7. The highest BCUT2D eigenvalue weighted by Crippen LogP contribution is 2.32. The fourth-order valence-electron chi connectivity index (χ4n) is 3.54. The van der Waals surface area contributed by atoms with Gasteiger partial charge in [-0.05, 0) is 80.4 Å². The molecule has 2 atom stereocenters. The third kappa shape index (κ3) is 8.35. The molecule has 1 rings (SSSR count). The van der Waals surface area contributed by atoms with Crippen LogP contribution < -0.4 is 10.6 Å². The first kappa shape index (κ1) is 28.4. The lowest BCUT2D eigenvalue weighted by Gasteiger charge is -2.43. The number of rotatable bonds is 7. The van der Waals surface area contributed by atoms with E-state index in [0.717, 1.165) is 11.1 Å². The van der Waals surface area contributed by atoms with Crippen molar-refractivity contribution < 1.29 is 24.2 Å². The summed E-state index contributed by atoms with van der Waals surface area (Å²) >= 11 is 0. The van der Waals surface area contributed by atoms with E-state index in [9.17, 15) is 19.5 Å². The second kappa shape index (κ2) is 11.0. The molecule has 2 unspecified atom stereocenters. The lowest BCUT2D eigenvalue weighted by atomic mass is 9.92. The summed E-state index contributed by atoms with van der Waals surface area (Å²) in [6, 6.07) is 3.31. The van der Waals surface area contributed by atoms with Crippen LogP contribution in [0.4, 0.5) is 4.79 Å². The molecule has 0 heterocycles. The van der Waals surface area contributed by atoms with E-state index in [0.29, 0.717) is 5.56 Å².